The molecule has 0 spiro atoms. The van der Waals surface area contributed by atoms with Crippen molar-refractivity contribution >= 4 is 29.5 Å². The Balaban J connectivity index is 1.88. The van der Waals surface area contributed by atoms with E-state index in [0.717, 1.165) is 17.7 Å². The van der Waals surface area contributed by atoms with E-state index in [1.165, 1.54) is 0 Å². The molecule has 2 aromatic rings. The van der Waals surface area contributed by atoms with Gasteiger partial charge in [-0.1, -0.05) is 6.07 Å². The van der Waals surface area contributed by atoms with Gasteiger partial charge in [0.15, 0.2) is 10.6 Å². The van der Waals surface area contributed by atoms with Gasteiger partial charge in [-0.05, 0) is 43.4 Å². The molecule has 6 nitrogen and oxygen atoms in total. The number of thiophene rings is 1. The van der Waals surface area contributed by atoms with Crippen LogP contribution >= 0.6 is 23.6 Å². The van der Waals surface area contributed by atoms with E-state index < -0.39 is 11.6 Å². The number of aliphatic hydroxyl groups excluding tert-OH is 1. The Labute approximate surface area is 130 Å². The molecule has 2 aromatic heterocycles. The number of aromatic nitrogens is 3. The van der Waals surface area contributed by atoms with Crippen molar-refractivity contribution in [3.05, 3.63) is 22.3 Å². The molecule has 1 saturated carbocycles. The summed E-state index contributed by atoms with van der Waals surface area (Å²) < 4.78 is 2.12. The van der Waals surface area contributed by atoms with E-state index in [0.29, 0.717) is 10.6 Å². The molecule has 1 aliphatic carbocycles. The van der Waals surface area contributed by atoms with Crippen LogP contribution in [0.3, 0.4) is 0 Å². The van der Waals surface area contributed by atoms with Crippen LogP contribution in [0.4, 0.5) is 0 Å². The van der Waals surface area contributed by atoms with E-state index in [-0.39, 0.29) is 12.5 Å². The van der Waals surface area contributed by atoms with Crippen molar-refractivity contribution in [2.75, 3.05) is 6.61 Å². The minimum Gasteiger partial charge on any atom is -0.394 e. The van der Waals surface area contributed by atoms with Crippen LogP contribution in [-0.2, 0) is 4.79 Å². The lowest BCUT2D eigenvalue weighted by Gasteiger charge is -2.19. The number of hydrogen-bond donors (Lipinski definition) is 3. The van der Waals surface area contributed by atoms with Gasteiger partial charge in [0.2, 0.25) is 5.91 Å². The molecule has 1 fully saturated rings. The first-order valence-electron chi connectivity index (χ1n) is 6.70. The molecule has 112 valence electrons. The monoisotopic (exact) mass is 324 g/mol. The van der Waals surface area contributed by atoms with Gasteiger partial charge in [0.05, 0.1) is 17.0 Å². The lowest BCUT2D eigenvalue weighted by Crippen LogP contribution is -2.43. The molecule has 0 aliphatic heterocycles. The highest BCUT2D eigenvalue weighted by Crippen LogP contribution is 2.35. The number of hydrogen-bond acceptors (Lipinski definition) is 5. The van der Waals surface area contributed by atoms with Crippen molar-refractivity contribution in [1.29, 1.82) is 0 Å². The van der Waals surface area contributed by atoms with E-state index in [9.17, 15) is 9.90 Å². The van der Waals surface area contributed by atoms with E-state index in [1.54, 1.807) is 22.8 Å². The number of carbonyl (C=O) groups excluding carboxylic acids is 1. The van der Waals surface area contributed by atoms with Gasteiger partial charge in [0, 0.05) is 0 Å². The van der Waals surface area contributed by atoms with E-state index in [1.807, 2.05) is 17.5 Å². The summed E-state index contributed by atoms with van der Waals surface area (Å²) in [5, 5.41) is 21.1. The second-order valence-corrected chi connectivity index (χ2v) is 6.64. The molecule has 0 bridgehead atoms. The van der Waals surface area contributed by atoms with Gasteiger partial charge >= 0.3 is 0 Å². The standard InChI is InChI=1S/C13H16N4O2S2/c1-8(11(19)14-13(7-18)4-5-13)17-10(15-16-12(17)20)9-3-2-6-21-9/h2-3,6,8,18H,4-5,7H2,1H3,(H,14,19)(H,16,20)/t8-/m0/s1. The van der Waals surface area contributed by atoms with Crippen molar-refractivity contribution in [3.63, 3.8) is 0 Å². The average molecular weight is 324 g/mol. The highest BCUT2D eigenvalue weighted by molar-refractivity contribution is 7.71. The number of carbonyl (C=O) groups is 1. The molecule has 1 aliphatic rings. The smallest absolute Gasteiger partial charge is 0.243 e. The van der Waals surface area contributed by atoms with E-state index in [2.05, 4.69) is 15.5 Å². The molecule has 8 heteroatoms. The molecule has 1 amide bonds. The fourth-order valence-electron chi connectivity index (χ4n) is 2.20. The third-order valence-electron chi connectivity index (χ3n) is 3.76. The maximum Gasteiger partial charge on any atom is 0.243 e. The molecule has 2 heterocycles. The van der Waals surface area contributed by atoms with Gasteiger partial charge in [-0.2, -0.15) is 5.10 Å². The quantitative estimate of drug-likeness (QED) is 0.733. The molecule has 3 N–H and O–H groups in total. The second-order valence-electron chi connectivity index (χ2n) is 5.30. The fourth-order valence-corrected chi connectivity index (χ4v) is 3.20. The Bertz CT molecular complexity index is 700. The Morgan fingerprint density at radius 1 is 1.71 bits per heavy atom. The van der Waals surface area contributed by atoms with E-state index in [4.69, 9.17) is 12.2 Å². The summed E-state index contributed by atoms with van der Waals surface area (Å²) in [5.74, 6) is 0.503. The summed E-state index contributed by atoms with van der Waals surface area (Å²) in [6.07, 6.45) is 1.63. The van der Waals surface area contributed by atoms with E-state index >= 15 is 0 Å². The normalized spacial score (nSPS) is 17.4. The molecular weight excluding hydrogens is 308 g/mol. The fraction of sp³-hybridized carbons (Fsp3) is 0.462. The van der Waals surface area contributed by atoms with Crippen LogP contribution in [0.2, 0.25) is 0 Å². The molecular formula is C13H16N4O2S2. The summed E-state index contributed by atoms with van der Waals surface area (Å²) in [5.41, 5.74) is -0.430. The zero-order chi connectivity index (χ0) is 15.0. The molecule has 0 aromatic carbocycles. The number of aliphatic hydroxyl groups is 1. The van der Waals surface area contributed by atoms with Crippen LogP contribution in [0.1, 0.15) is 25.8 Å². The number of nitrogens with zero attached hydrogens (tertiary/aromatic N) is 2. The summed E-state index contributed by atoms with van der Waals surface area (Å²) in [4.78, 5) is 13.4. The summed E-state index contributed by atoms with van der Waals surface area (Å²) >= 11 is 6.79. The SMILES string of the molecule is C[C@@H](C(=O)NC1(CO)CC1)n1c(-c2cccs2)n[nH]c1=S. The number of nitrogens with one attached hydrogen (secondary N) is 2. The van der Waals surface area contributed by atoms with Gasteiger partial charge in [-0.25, -0.2) is 0 Å². The highest BCUT2D eigenvalue weighted by Gasteiger charge is 2.44. The first kappa shape index (κ1) is 14.4. The van der Waals surface area contributed by atoms with Crippen molar-refractivity contribution in [3.8, 4) is 10.7 Å². The lowest BCUT2D eigenvalue weighted by molar-refractivity contribution is -0.125. The van der Waals surface area contributed by atoms with Crippen LogP contribution in [0.25, 0.3) is 10.7 Å². The summed E-state index contributed by atoms with van der Waals surface area (Å²) in [6.45, 7) is 1.76. The average Bonchev–Trinajstić information content (AvgIpc) is 2.89. The molecule has 21 heavy (non-hydrogen) atoms. The molecule has 0 saturated heterocycles. The molecule has 3 rings (SSSR count). The van der Waals surface area contributed by atoms with Crippen LogP contribution in [0.15, 0.2) is 17.5 Å². The zero-order valence-electron chi connectivity index (χ0n) is 11.5. The van der Waals surface area contributed by atoms with Crippen molar-refractivity contribution < 1.29 is 9.90 Å². The van der Waals surface area contributed by atoms with Crippen LogP contribution in [0, 0.1) is 4.77 Å². The second kappa shape index (κ2) is 5.36. The maximum atomic E-state index is 12.4. The van der Waals surface area contributed by atoms with Gasteiger partial charge < -0.3 is 10.4 Å². The Kier molecular flexibility index (Phi) is 3.68. The Morgan fingerprint density at radius 3 is 3.05 bits per heavy atom. The number of aromatic amines is 1. The molecule has 0 radical (unpaired) electrons. The van der Waals surface area contributed by atoms with Gasteiger partial charge in [0.1, 0.15) is 6.04 Å². The number of amides is 1. The van der Waals surface area contributed by atoms with Crippen LogP contribution in [-0.4, -0.2) is 37.9 Å². The Morgan fingerprint density at radius 2 is 2.48 bits per heavy atom. The van der Waals surface area contributed by atoms with Gasteiger partial charge in [0.25, 0.3) is 0 Å². The van der Waals surface area contributed by atoms with Crippen LogP contribution in [0.5, 0.6) is 0 Å². The minimum atomic E-state index is -0.489. The Hall–Kier alpha value is -1.51. The largest absolute Gasteiger partial charge is 0.394 e. The first-order chi connectivity index (χ1) is 10.1. The first-order valence-corrected chi connectivity index (χ1v) is 7.99. The predicted octanol–water partition coefficient (Wildman–Crippen LogP) is 1.87. The van der Waals surface area contributed by atoms with Gasteiger partial charge in [-0.15, -0.1) is 11.3 Å². The van der Waals surface area contributed by atoms with Crippen molar-refractivity contribution in [1.82, 2.24) is 20.1 Å². The predicted molar refractivity (Wildman–Crippen MR) is 82.6 cm³/mol. The summed E-state index contributed by atoms with van der Waals surface area (Å²) in [7, 11) is 0. The van der Waals surface area contributed by atoms with Crippen molar-refractivity contribution in [2.45, 2.75) is 31.3 Å². The zero-order valence-corrected chi connectivity index (χ0v) is 13.1. The minimum absolute atomic E-state index is 0.0278. The highest BCUT2D eigenvalue weighted by atomic mass is 32.1. The van der Waals surface area contributed by atoms with Crippen LogP contribution < -0.4 is 5.32 Å². The number of H-pyrrole nitrogens is 1. The third-order valence-corrected chi connectivity index (χ3v) is 4.91. The van der Waals surface area contributed by atoms with Crippen molar-refractivity contribution in [2.24, 2.45) is 0 Å². The topological polar surface area (TPSA) is 82.9 Å². The third kappa shape index (κ3) is 2.66. The summed E-state index contributed by atoms with van der Waals surface area (Å²) in [6, 6.07) is 3.38. The lowest BCUT2D eigenvalue weighted by atomic mass is 10.2. The number of rotatable bonds is 5. The molecule has 0 unspecified atom stereocenters. The maximum absolute atomic E-state index is 12.4. The van der Waals surface area contributed by atoms with Gasteiger partial charge in [-0.3, -0.25) is 14.5 Å². The molecule has 1 atom stereocenters.